The van der Waals surface area contributed by atoms with Crippen molar-refractivity contribution in [3.8, 4) is 0 Å². The summed E-state index contributed by atoms with van der Waals surface area (Å²) in [7, 11) is 1.56. The van der Waals surface area contributed by atoms with E-state index in [-0.39, 0.29) is 11.7 Å². The monoisotopic (exact) mass is 245 g/mol. The molecule has 0 aliphatic heterocycles. The molecule has 16 heavy (non-hydrogen) atoms. The minimum atomic E-state index is -0.533. The Morgan fingerprint density at radius 3 is 2.88 bits per heavy atom. The van der Waals surface area contributed by atoms with Crippen LogP contribution in [0.4, 0.5) is 4.39 Å². The average Bonchev–Trinajstić information content (AvgIpc) is 2.28. The summed E-state index contributed by atoms with van der Waals surface area (Å²) < 4.78 is 13.3. The van der Waals surface area contributed by atoms with Crippen molar-refractivity contribution in [3.63, 3.8) is 0 Å². The summed E-state index contributed by atoms with van der Waals surface area (Å²) in [5.41, 5.74) is 0.463. The third-order valence-corrected chi connectivity index (χ3v) is 2.52. The summed E-state index contributed by atoms with van der Waals surface area (Å²) in [5.74, 6) is -0.725. The molecule has 0 atom stereocenters. The average molecular weight is 246 g/mol. The summed E-state index contributed by atoms with van der Waals surface area (Å²) in [6.07, 6.45) is 0.370. The van der Waals surface area contributed by atoms with Gasteiger partial charge in [0.15, 0.2) is 0 Å². The number of benzene rings is 1. The topological polar surface area (TPSA) is 40.5 Å². The molecule has 3 nitrogen and oxygen atoms in total. The Kier molecular flexibility index (Phi) is 4.71. The van der Waals surface area contributed by atoms with Crippen molar-refractivity contribution in [1.29, 1.82) is 0 Å². The Balaban J connectivity index is 2.60. The lowest BCUT2D eigenvalue weighted by atomic mass is 10.1. The highest BCUT2D eigenvalue weighted by Gasteiger charge is 2.09. The molecule has 1 amide bonds. The van der Waals surface area contributed by atoms with Gasteiger partial charge in [-0.15, -0.1) is 0 Å². The Morgan fingerprint density at radius 1 is 1.56 bits per heavy atom. The first kappa shape index (κ1) is 12.9. The van der Waals surface area contributed by atoms with Gasteiger partial charge in [0.1, 0.15) is 12.4 Å². The Bertz CT molecular complexity index is 384. The van der Waals surface area contributed by atoms with E-state index in [1.54, 1.807) is 7.05 Å². The lowest BCUT2D eigenvalue weighted by Crippen LogP contribution is -2.31. The van der Waals surface area contributed by atoms with E-state index >= 15 is 0 Å². The molecule has 0 aliphatic carbocycles. The second kappa shape index (κ2) is 5.82. The summed E-state index contributed by atoms with van der Waals surface area (Å²) in [6, 6.07) is 4.31. The number of aliphatic hydroxyl groups excluding tert-OH is 1. The fourth-order valence-electron chi connectivity index (χ4n) is 1.27. The van der Waals surface area contributed by atoms with Crippen LogP contribution in [0.25, 0.3) is 0 Å². The molecule has 5 heteroatoms. The van der Waals surface area contributed by atoms with Gasteiger partial charge in [0.25, 0.3) is 0 Å². The Morgan fingerprint density at radius 2 is 2.25 bits per heavy atom. The highest BCUT2D eigenvalue weighted by atomic mass is 35.5. The molecule has 0 saturated heterocycles. The van der Waals surface area contributed by atoms with Crippen molar-refractivity contribution < 1.29 is 14.3 Å². The zero-order chi connectivity index (χ0) is 12.1. The zero-order valence-corrected chi connectivity index (χ0v) is 9.67. The van der Waals surface area contributed by atoms with Gasteiger partial charge in [-0.25, -0.2) is 4.39 Å². The van der Waals surface area contributed by atoms with E-state index in [4.69, 9.17) is 16.7 Å². The van der Waals surface area contributed by atoms with Crippen molar-refractivity contribution in [2.75, 3.05) is 20.2 Å². The standard InChI is InChI=1S/C11H13ClFNO2/c1-14(11(16)7-15)5-4-8-6-9(12)2-3-10(8)13/h2-3,6,15H,4-5,7H2,1H3. The van der Waals surface area contributed by atoms with E-state index < -0.39 is 6.61 Å². The number of hydrogen-bond donors (Lipinski definition) is 1. The first-order valence-corrected chi connectivity index (χ1v) is 5.21. The van der Waals surface area contributed by atoms with Crippen molar-refractivity contribution >= 4 is 17.5 Å². The van der Waals surface area contributed by atoms with Crippen LogP contribution in [0.5, 0.6) is 0 Å². The molecule has 0 aliphatic rings. The maximum absolute atomic E-state index is 13.3. The molecule has 0 spiro atoms. The lowest BCUT2D eigenvalue weighted by molar-refractivity contribution is -0.132. The second-order valence-electron chi connectivity index (χ2n) is 3.46. The predicted molar refractivity (Wildman–Crippen MR) is 59.8 cm³/mol. The van der Waals surface area contributed by atoms with Crippen molar-refractivity contribution in [1.82, 2.24) is 4.90 Å². The highest BCUT2D eigenvalue weighted by molar-refractivity contribution is 6.30. The highest BCUT2D eigenvalue weighted by Crippen LogP contribution is 2.15. The summed E-state index contributed by atoms with van der Waals surface area (Å²) in [4.78, 5) is 12.4. The molecule has 0 unspecified atom stereocenters. The number of halogens is 2. The van der Waals surface area contributed by atoms with E-state index in [2.05, 4.69) is 0 Å². The van der Waals surface area contributed by atoms with Gasteiger partial charge in [-0.05, 0) is 30.2 Å². The minimum Gasteiger partial charge on any atom is -0.387 e. The third-order valence-electron chi connectivity index (χ3n) is 2.29. The second-order valence-corrected chi connectivity index (χ2v) is 3.90. The summed E-state index contributed by atoms with van der Waals surface area (Å²) >= 11 is 5.73. The summed E-state index contributed by atoms with van der Waals surface area (Å²) in [6.45, 7) is -0.189. The number of nitrogens with zero attached hydrogens (tertiary/aromatic N) is 1. The van der Waals surface area contributed by atoms with E-state index in [0.717, 1.165) is 0 Å². The molecule has 1 rings (SSSR count). The molecule has 0 bridgehead atoms. The molecular formula is C11H13ClFNO2. The summed E-state index contributed by atoms with van der Waals surface area (Å²) in [5, 5.41) is 9.08. The van der Waals surface area contributed by atoms with Gasteiger partial charge in [-0.3, -0.25) is 4.79 Å². The van der Waals surface area contributed by atoms with Gasteiger partial charge in [0.2, 0.25) is 5.91 Å². The zero-order valence-electron chi connectivity index (χ0n) is 8.91. The number of amides is 1. The van der Waals surface area contributed by atoms with E-state index in [1.165, 1.54) is 23.1 Å². The van der Waals surface area contributed by atoms with Crippen LogP contribution in [0.3, 0.4) is 0 Å². The van der Waals surface area contributed by atoms with Crippen LogP contribution in [-0.2, 0) is 11.2 Å². The molecule has 0 fully saturated rings. The van der Waals surface area contributed by atoms with Gasteiger partial charge in [0.05, 0.1) is 0 Å². The third kappa shape index (κ3) is 3.47. The molecule has 0 aromatic heterocycles. The number of carbonyl (C=O) groups excluding carboxylic acids is 1. The molecule has 0 radical (unpaired) electrons. The van der Waals surface area contributed by atoms with Crippen molar-refractivity contribution in [3.05, 3.63) is 34.6 Å². The predicted octanol–water partition coefficient (Wildman–Crippen LogP) is 1.47. The Labute approximate surface area is 98.4 Å². The SMILES string of the molecule is CN(CCc1cc(Cl)ccc1F)C(=O)CO. The molecule has 88 valence electrons. The molecule has 0 heterocycles. The first-order valence-electron chi connectivity index (χ1n) is 4.83. The fraction of sp³-hybridized carbons (Fsp3) is 0.364. The minimum absolute atomic E-state index is 0.339. The molecule has 0 saturated carbocycles. The van der Waals surface area contributed by atoms with Gasteiger partial charge < -0.3 is 10.0 Å². The lowest BCUT2D eigenvalue weighted by Gasteiger charge is -2.15. The van der Waals surface area contributed by atoms with Crippen LogP contribution >= 0.6 is 11.6 Å². The van der Waals surface area contributed by atoms with Gasteiger partial charge >= 0.3 is 0 Å². The van der Waals surface area contributed by atoms with Crippen LogP contribution in [-0.4, -0.2) is 36.1 Å². The Hall–Kier alpha value is -1.13. The molecule has 1 N–H and O–H groups in total. The van der Waals surface area contributed by atoms with Gasteiger partial charge in [-0.2, -0.15) is 0 Å². The largest absolute Gasteiger partial charge is 0.387 e. The first-order chi connectivity index (χ1) is 7.54. The number of likely N-dealkylation sites (N-methyl/N-ethyl adjacent to an activating group) is 1. The molecule has 1 aromatic carbocycles. The van der Waals surface area contributed by atoms with Crippen LogP contribution in [0, 0.1) is 5.82 Å². The van der Waals surface area contributed by atoms with Crippen LogP contribution in [0.15, 0.2) is 18.2 Å². The quantitative estimate of drug-likeness (QED) is 0.873. The number of hydrogen-bond acceptors (Lipinski definition) is 2. The fourth-order valence-corrected chi connectivity index (χ4v) is 1.46. The molecule has 1 aromatic rings. The van der Waals surface area contributed by atoms with E-state index in [9.17, 15) is 9.18 Å². The van der Waals surface area contributed by atoms with E-state index in [0.29, 0.717) is 23.6 Å². The molecular weight excluding hydrogens is 233 g/mol. The van der Waals surface area contributed by atoms with Gasteiger partial charge in [-0.1, -0.05) is 11.6 Å². The van der Waals surface area contributed by atoms with Crippen LogP contribution in [0.1, 0.15) is 5.56 Å². The van der Waals surface area contributed by atoms with Crippen LogP contribution < -0.4 is 0 Å². The maximum Gasteiger partial charge on any atom is 0.248 e. The number of carbonyl (C=O) groups is 1. The normalized spacial score (nSPS) is 10.2. The van der Waals surface area contributed by atoms with Crippen molar-refractivity contribution in [2.45, 2.75) is 6.42 Å². The number of rotatable bonds is 4. The number of aliphatic hydroxyl groups is 1. The van der Waals surface area contributed by atoms with Crippen LogP contribution in [0.2, 0.25) is 5.02 Å². The van der Waals surface area contributed by atoms with Gasteiger partial charge in [0, 0.05) is 18.6 Å². The van der Waals surface area contributed by atoms with Crippen molar-refractivity contribution in [2.24, 2.45) is 0 Å². The van der Waals surface area contributed by atoms with E-state index in [1.807, 2.05) is 0 Å². The smallest absolute Gasteiger partial charge is 0.248 e. The maximum atomic E-state index is 13.3.